The van der Waals surface area contributed by atoms with Gasteiger partial charge in [-0.15, -0.1) is 10.2 Å². The summed E-state index contributed by atoms with van der Waals surface area (Å²) in [5, 5.41) is 11.9. The monoisotopic (exact) mass is 324 g/mol. The van der Waals surface area contributed by atoms with Gasteiger partial charge in [0.25, 0.3) is 5.56 Å². The topological polar surface area (TPSA) is 59.8 Å². The highest BCUT2D eigenvalue weighted by molar-refractivity contribution is 5.33. The molecule has 1 saturated carbocycles. The Morgan fingerprint density at radius 1 is 1.12 bits per heavy atom. The minimum absolute atomic E-state index is 0.00596. The van der Waals surface area contributed by atoms with E-state index in [1.54, 1.807) is 4.57 Å². The smallest absolute Gasteiger partial charge is 0.296 e. The van der Waals surface area contributed by atoms with Crippen LogP contribution in [0.4, 0.5) is 5.82 Å². The molecule has 5 nitrogen and oxygen atoms in total. The first-order valence-corrected chi connectivity index (χ1v) is 9.08. The average Bonchev–Trinajstić information content (AvgIpc) is 3.29. The number of fused-ring (bicyclic) bond motifs is 1. The van der Waals surface area contributed by atoms with E-state index < -0.39 is 0 Å². The van der Waals surface area contributed by atoms with Gasteiger partial charge in [-0.05, 0) is 37.2 Å². The third-order valence-corrected chi connectivity index (χ3v) is 5.40. The molecule has 2 aliphatic rings. The van der Waals surface area contributed by atoms with Crippen LogP contribution >= 0.6 is 0 Å². The number of hydrogen-bond donors (Lipinski definition) is 1. The maximum Gasteiger partial charge on any atom is 0.296 e. The molecular weight excluding hydrogens is 300 g/mol. The molecule has 1 fully saturated rings. The predicted octanol–water partition coefficient (Wildman–Crippen LogP) is 2.80. The summed E-state index contributed by atoms with van der Waals surface area (Å²) in [6, 6.07) is 10.8. The summed E-state index contributed by atoms with van der Waals surface area (Å²) in [5.41, 5.74) is 1.30. The van der Waals surface area contributed by atoms with Gasteiger partial charge in [-0.25, -0.2) is 0 Å². The molecule has 4 rings (SSSR count). The van der Waals surface area contributed by atoms with Crippen molar-refractivity contribution in [3.63, 3.8) is 0 Å². The molecule has 1 unspecified atom stereocenters. The van der Waals surface area contributed by atoms with E-state index in [2.05, 4.69) is 39.8 Å². The first-order chi connectivity index (χ1) is 11.8. The fourth-order valence-electron chi connectivity index (χ4n) is 4.09. The van der Waals surface area contributed by atoms with E-state index in [-0.39, 0.29) is 11.6 Å². The zero-order chi connectivity index (χ0) is 16.4. The van der Waals surface area contributed by atoms with Gasteiger partial charge >= 0.3 is 0 Å². The van der Waals surface area contributed by atoms with Crippen LogP contribution < -0.4 is 10.9 Å². The molecule has 0 bridgehead atoms. The van der Waals surface area contributed by atoms with E-state index in [0.29, 0.717) is 11.7 Å². The summed E-state index contributed by atoms with van der Waals surface area (Å²) >= 11 is 0. The Morgan fingerprint density at radius 3 is 2.71 bits per heavy atom. The lowest BCUT2D eigenvalue weighted by molar-refractivity contribution is 0.451. The molecule has 1 aliphatic heterocycles. The third kappa shape index (κ3) is 3.07. The third-order valence-electron chi connectivity index (χ3n) is 5.40. The second-order valence-electron chi connectivity index (χ2n) is 7.01. The van der Waals surface area contributed by atoms with Crippen molar-refractivity contribution in [1.82, 2.24) is 14.8 Å². The molecular formula is C19H24N4O. The van der Waals surface area contributed by atoms with E-state index in [9.17, 15) is 4.79 Å². The summed E-state index contributed by atoms with van der Waals surface area (Å²) < 4.78 is 1.78. The minimum atomic E-state index is -0.00596. The first kappa shape index (κ1) is 15.4. The molecule has 24 heavy (non-hydrogen) atoms. The fourth-order valence-corrected chi connectivity index (χ4v) is 4.09. The molecule has 2 aromatic rings. The van der Waals surface area contributed by atoms with Crippen LogP contribution in [0.3, 0.4) is 0 Å². The van der Waals surface area contributed by atoms with Gasteiger partial charge < -0.3 is 5.32 Å². The van der Waals surface area contributed by atoms with Gasteiger partial charge in [0.15, 0.2) is 0 Å². The highest BCUT2D eigenvalue weighted by atomic mass is 16.1. The second kappa shape index (κ2) is 6.75. The van der Waals surface area contributed by atoms with Gasteiger partial charge in [-0.3, -0.25) is 9.36 Å². The van der Waals surface area contributed by atoms with Gasteiger partial charge in [0, 0.05) is 19.0 Å². The van der Waals surface area contributed by atoms with Crippen LogP contribution in [0.5, 0.6) is 0 Å². The number of anilines is 1. The van der Waals surface area contributed by atoms with E-state index >= 15 is 0 Å². The Balaban J connectivity index is 1.59. The lowest BCUT2D eigenvalue weighted by atomic mass is 9.92. The average molecular weight is 324 g/mol. The highest BCUT2D eigenvalue weighted by Crippen LogP contribution is 2.30. The predicted molar refractivity (Wildman–Crippen MR) is 94.1 cm³/mol. The van der Waals surface area contributed by atoms with Crippen LogP contribution in [0.25, 0.3) is 0 Å². The highest BCUT2D eigenvalue weighted by Gasteiger charge is 2.27. The number of nitrogens with zero attached hydrogens (tertiary/aromatic N) is 3. The number of aromatic nitrogens is 3. The first-order valence-electron chi connectivity index (χ1n) is 9.08. The normalized spacial score (nSPS) is 18.5. The van der Waals surface area contributed by atoms with Gasteiger partial charge in [-0.1, -0.05) is 43.2 Å². The summed E-state index contributed by atoms with van der Waals surface area (Å²) in [4.78, 5) is 12.7. The Morgan fingerprint density at radius 2 is 1.92 bits per heavy atom. The van der Waals surface area contributed by atoms with Crippen molar-refractivity contribution >= 4 is 5.82 Å². The van der Waals surface area contributed by atoms with Gasteiger partial charge in [0.2, 0.25) is 5.82 Å². The van der Waals surface area contributed by atoms with Gasteiger partial charge in [-0.2, -0.15) is 0 Å². The van der Waals surface area contributed by atoms with Crippen LogP contribution in [-0.2, 0) is 19.4 Å². The summed E-state index contributed by atoms with van der Waals surface area (Å²) in [5.74, 6) is 1.85. The number of hydrogen-bond acceptors (Lipinski definition) is 4. The molecule has 0 amide bonds. The van der Waals surface area contributed by atoms with Crippen molar-refractivity contribution in [1.29, 1.82) is 0 Å². The quantitative estimate of drug-likeness (QED) is 0.919. The molecule has 1 aromatic heterocycles. The fraction of sp³-hybridized carbons (Fsp3) is 0.526. The maximum absolute atomic E-state index is 12.7. The van der Waals surface area contributed by atoms with E-state index in [1.807, 2.05) is 6.07 Å². The molecule has 5 heteroatoms. The van der Waals surface area contributed by atoms with Crippen molar-refractivity contribution in [3.8, 4) is 0 Å². The van der Waals surface area contributed by atoms with E-state index in [4.69, 9.17) is 0 Å². The number of benzene rings is 1. The zero-order valence-corrected chi connectivity index (χ0v) is 13.9. The molecule has 1 atom stereocenters. The van der Waals surface area contributed by atoms with E-state index in [1.165, 1.54) is 31.2 Å². The molecule has 126 valence electrons. The standard InChI is InChI=1S/C19H24N4O/c24-19-18(22-21-17-11-6-12-23(17)19)20-16(15-9-4-5-10-15)13-14-7-2-1-3-8-14/h1-3,7-8,15-16H,4-6,9-13H2,(H,20,22). The lowest BCUT2D eigenvalue weighted by Crippen LogP contribution is -2.35. The summed E-state index contributed by atoms with van der Waals surface area (Å²) in [6.45, 7) is 0.769. The van der Waals surface area contributed by atoms with E-state index in [0.717, 1.165) is 31.6 Å². The molecule has 0 spiro atoms. The Labute approximate surface area is 142 Å². The number of nitrogens with one attached hydrogen (secondary N) is 1. The molecule has 0 saturated heterocycles. The molecule has 1 N–H and O–H groups in total. The van der Waals surface area contributed by atoms with Crippen LogP contribution in [-0.4, -0.2) is 20.8 Å². The van der Waals surface area contributed by atoms with Crippen LogP contribution in [0.2, 0.25) is 0 Å². The second-order valence-corrected chi connectivity index (χ2v) is 7.01. The van der Waals surface area contributed by atoms with Crippen LogP contribution in [0.1, 0.15) is 43.5 Å². The molecule has 1 aliphatic carbocycles. The molecule has 2 heterocycles. The van der Waals surface area contributed by atoms with Crippen molar-refractivity contribution in [2.75, 3.05) is 5.32 Å². The number of rotatable bonds is 5. The SMILES string of the molecule is O=c1c(NC(Cc2ccccc2)C2CCCC2)nnc2n1CCC2. The van der Waals surface area contributed by atoms with Gasteiger partial charge in [0.05, 0.1) is 0 Å². The van der Waals surface area contributed by atoms with Crippen molar-refractivity contribution in [2.45, 2.75) is 57.5 Å². The maximum atomic E-state index is 12.7. The lowest BCUT2D eigenvalue weighted by Gasteiger charge is -2.25. The Kier molecular flexibility index (Phi) is 4.32. The molecule has 1 aromatic carbocycles. The summed E-state index contributed by atoms with van der Waals surface area (Å²) in [6.07, 6.45) is 7.80. The molecule has 0 radical (unpaired) electrons. The zero-order valence-electron chi connectivity index (χ0n) is 13.9. The number of aryl methyl sites for hydroxylation is 1. The van der Waals surface area contributed by atoms with Crippen LogP contribution in [0.15, 0.2) is 35.1 Å². The van der Waals surface area contributed by atoms with Crippen molar-refractivity contribution in [3.05, 3.63) is 52.1 Å². The minimum Gasteiger partial charge on any atom is -0.361 e. The van der Waals surface area contributed by atoms with Gasteiger partial charge in [0.1, 0.15) is 5.82 Å². The largest absolute Gasteiger partial charge is 0.361 e. The summed E-state index contributed by atoms with van der Waals surface area (Å²) in [7, 11) is 0. The Bertz CT molecular complexity index is 750. The Hall–Kier alpha value is -2.17. The van der Waals surface area contributed by atoms with Crippen molar-refractivity contribution < 1.29 is 0 Å². The van der Waals surface area contributed by atoms with Crippen LogP contribution in [0, 0.1) is 5.92 Å². The van der Waals surface area contributed by atoms with Crippen molar-refractivity contribution in [2.24, 2.45) is 5.92 Å².